The van der Waals surface area contributed by atoms with Crippen LogP contribution in [0.1, 0.15) is 354 Å². The van der Waals surface area contributed by atoms with Crippen LogP contribution in [0.4, 0.5) is 0 Å². The van der Waals surface area contributed by atoms with Gasteiger partial charge in [0.2, 0.25) is 5.91 Å². The third kappa shape index (κ3) is 56.8. The van der Waals surface area contributed by atoms with Gasteiger partial charge in [-0.1, -0.05) is 313 Å². The number of nitrogens with one attached hydrogen (secondary N) is 1. The number of allylic oxidation sites excluding steroid dienone is 8. The van der Waals surface area contributed by atoms with Crippen LogP contribution in [0.2, 0.25) is 0 Å². The van der Waals surface area contributed by atoms with Crippen molar-refractivity contribution in [3.63, 3.8) is 0 Å². The second-order valence-corrected chi connectivity index (χ2v) is 23.1. The Morgan fingerprint density at radius 2 is 0.560 bits per heavy atom. The highest BCUT2D eigenvalue weighted by molar-refractivity contribution is 5.80. The monoisotopic (exact) mass is 1050 g/mol. The van der Waals surface area contributed by atoms with E-state index >= 15 is 0 Å². The van der Waals surface area contributed by atoms with Crippen LogP contribution in [-0.4, -0.2) is 57.3 Å². The molecule has 0 aliphatic rings. The number of unbranched alkanes of at least 4 members (excludes halogenated alkanes) is 45. The molecule has 1 amide bonds. The van der Waals surface area contributed by atoms with Crippen LogP contribution in [0, 0.1) is 0 Å². The van der Waals surface area contributed by atoms with Gasteiger partial charge in [0, 0.05) is 0 Å². The summed E-state index contributed by atoms with van der Waals surface area (Å²) in [4.78, 5) is 12.6. The average Bonchev–Trinajstić information content (AvgIpc) is 3.42. The largest absolute Gasteiger partial charge is 0.394 e. The molecule has 0 aliphatic heterocycles. The molecule has 0 fully saturated rings. The zero-order valence-electron chi connectivity index (χ0n) is 50.3. The van der Waals surface area contributed by atoms with Crippen LogP contribution in [0.15, 0.2) is 48.6 Å². The predicted octanol–water partition coefficient (Wildman–Crippen LogP) is 20.5. The summed E-state index contributed by atoms with van der Waals surface area (Å²) < 4.78 is 0. The standard InChI is InChI=1S/C69H131NO5/c1-3-5-7-9-11-13-15-17-19-21-23-25-27-29-31-33-35-36-38-40-42-44-46-48-50-52-54-56-58-60-62-66(72)68(74)65(64-71)70-69(75)67(73)63-61-59-57-55-53-51-49-47-45-43-41-39-37-34-32-30-28-26-24-22-20-18-16-14-12-10-8-6-4-2/h30,32,38,40,46,48,54,56,65-68,71-74H,3-29,31,33-37,39,41-45,47,49-53,55,57-64H2,1-2H3,(H,70,75)/b32-30-,40-38+,48-46+,56-54+. The quantitative estimate of drug-likeness (QED) is 0.0308. The van der Waals surface area contributed by atoms with E-state index in [1.807, 2.05) is 0 Å². The Morgan fingerprint density at radius 1 is 0.320 bits per heavy atom. The van der Waals surface area contributed by atoms with E-state index in [0.29, 0.717) is 19.3 Å². The Hall–Kier alpha value is -1.73. The molecule has 442 valence electrons. The molecule has 0 aromatic rings. The lowest BCUT2D eigenvalue weighted by atomic mass is 10.00. The zero-order chi connectivity index (χ0) is 54.4. The Bertz CT molecular complexity index is 1230. The minimum Gasteiger partial charge on any atom is -0.394 e. The second-order valence-electron chi connectivity index (χ2n) is 23.1. The van der Waals surface area contributed by atoms with Crippen molar-refractivity contribution in [3.8, 4) is 0 Å². The van der Waals surface area contributed by atoms with Crippen LogP contribution in [0.5, 0.6) is 0 Å². The van der Waals surface area contributed by atoms with Crippen molar-refractivity contribution in [2.45, 2.75) is 379 Å². The summed E-state index contributed by atoms with van der Waals surface area (Å²) >= 11 is 0. The van der Waals surface area contributed by atoms with Crippen molar-refractivity contribution in [1.82, 2.24) is 5.32 Å². The minimum absolute atomic E-state index is 0.359. The lowest BCUT2D eigenvalue weighted by Crippen LogP contribution is -2.53. The molecular weight excluding hydrogens is 923 g/mol. The number of hydrogen-bond donors (Lipinski definition) is 5. The SMILES string of the molecule is CCCCCCCCCCCCCC/C=C\CCCCCCCCCCCCCCCC(O)C(=O)NC(CO)C(O)C(O)CCC/C=C/CC/C=C/CC/C=C/CCCCCCCCCCCCCCCCCCC. The van der Waals surface area contributed by atoms with Crippen molar-refractivity contribution in [2.75, 3.05) is 6.61 Å². The summed E-state index contributed by atoms with van der Waals surface area (Å²) in [6, 6.07) is -1.01. The second kappa shape index (κ2) is 63.1. The predicted molar refractivity (Wildman–Crippen MR) is 330 cm³/mol. The molecule has 0 aromatic carbocycles. The topological polar surface area (TPSA) is 110 Å². The molecule has 0 saturated heterocycles. The van der Waals surface area contributed by atoms with Crippen molar-refractivity contribution in [3.05, 3.63) is 48.6 Å². The maximum Gasteiger partial charge on any atom is 0.249 e. The van der Waals surface area contributed by atoms with E-state index in [0.717, 1.165) is 51.4 Å². The van der Waals surface area contributed by atoms with Crippen LogP contribution in [0.25, 0.3) is 0 Å². The fraction of sp³-hybridized carbons (Fsp3) is 0.870. The maximum absolute atomic E-state index is 12.6. The molecule has 6 nitrogen and oxygen atoms in total. The third-order valence-corrected chi connectivity index (χ3v) is 15.7. The van der Waals surface area contributed by atoms with E-state index in [9.17, 15) is 25.2 Å². The molecule has 0 aromatic heterocycles. The van der Waals surface area contributed by atoms with Crippen LogP contribution in [0.3, 0.4) is 0 Å². The molecule has 0 saturated carbocycles. The van der Waals surface area contributed by atoms with Crippen LogP contribution in [-0.2, 0) is 4.79 Å². The zero-order valence-corrected chi connectivity index (χ0v) is 50.3. The van der Waals surface area contributed by atoms with Gasteiger partial charge in [0.25, 0.3) is 0 Å². The van der Waals surface area contributed by atoms with Gasteiger partial charge in [-0.2, -0.15) is 0 Å². The van der Waals surface area contributed by atoms with Crippen molar-refractivity contribution < 1.29 is 25.2 Å². The Morgan fingerprint density at radius 3 is 0.840 bits per heavy atom. The van der Waals surface area contributed by atoms with E-state index in [1.54, 1.807) is 0 Å². The van der Waals surface area contributed by atoms with E-state index in [-0.39, 0.29) is 0 Å². The van der Waals surface area contributed by atoms with Gasteiger partial charge in [0.1, 0.15) is 12.2 Å². The Labute approximate surface area is 468 Å². The van der Waals surface area contributed by atoms with E-state index in [2.05, 4.69) is 67.8 Å². The molecule has 0 rings (SSSR count). The first-order chi connectivity index (χ1) is 37.0. The number of carbonyl (C=O) groups excluding carboxylic acids is 1. The molecule has 6 heteroatoms. The highest BCUT2D eigenvalue weighted by Crippen LogP contribution is 2.18. The molecule has 0 radical (unpaired) electrons. The van der Waals surface area contributed by atoms with Gasteiger partial charge in [0.15, 0.2) is 0 Å². The van der Waals surface area contributed by atoms with Gasteiger partial charge in [-0.15, -0.1) is 0 Å². The lowest BCUT2D eigenvalue weighted by molar-refractivity contribution is -0.132. The number of carbonyl (C=O) groups is 1. The lowest BCUT2D eigenvalue weighted by Gasteiger charge is -2.27. The van der Waals surface area contributed by atoms with Crippen LogP contribution >= 0.6 is 0 Å². The van der Waals surface area contributed by atoms with E-state index < -0.39 is 36.9 Å². The molecule has 75 heavy (non-hydrogen) atoms. The highest BCUT2D eigenvalue weighted by Gasteiger charge is 2.28. The first-order valence-corrected chi connectivity index (χ1v) is 33.5. The van der Waals surface area contributed by atoms with Gasteiger partial charge in [0.05, 0.1) is 18.8 Å². The molecule has 0 heterocycles. The number of hydrogen-bond acceptors (Lipinski definition) is 5. The van der Waals surface area contributed by atoms with Crippen LogP contribution < -0.4 is 5.32 Å². The first-order valence-electron chi connectivity index (χ1n) is 33.5. The summed E-state index contributed by atoms with van der Waals surface area (Å²) in [5, 5.41) is 44.1. The molecule has 5 N–H and O–H groups in total. The average molecular weight is 1050 g/mol. The van der Waals surface area contributed by atoms with Crippen molar-refractivity contribution in [2.24, 2.45) is 0 Å². The summed E-state index contributed by atoms with van der Waals surface area (Å²) in [6.07, 6.45) is 82.3. The van der Waals surface area contributed by atoms with Gasteiger partial charge in [-0.25, -0.2) is 0 Å². The molecule has 4 atom stereocenters. The fourth-order valence-corrected chi connectivity index (χ4v) is 10.5. The van der Waals surface area contributed by atoms with Crippen molar-refractivity contribution in [1.29, 1.82) is 0 Å². The van der Waals surface area contributed by atoms with Gasteiger partial charge in [-0.3, -0.25) is 4.79 Å². The van der Waals surface area contributed by atoms with E-state index in [4.69, 9.17) is 0 Å². The third-order valence-electron chi connectivity index (χ3n) is 15.7. The van der Waals surface area contributed by atoms with Gasteiger partial charge in [-0.05, 0) is 89.9 Å². The van der Waals surface area contributed by atoms with Gasteiger partial charge >= 0.3 is 0 Å². The normalized spacial score (nSPS) is 13.8. The highest BCUT2D eigenvalue weighted by atomic mass is 16.3. The summed E-state index contributed by atoms with van der Waals surface area (Å²) in [7, 11) is 0. The summed E-state index contributed by atoms with van der Waals surface area (Å²) in [5.74, 6) is -0.596. The molecule has 0 bridgehead atoms. The Balaban J connectivity index is 3.64. The number of rotatable bonds is 62. The summed E-state index contributed by atoms with van der Waals surface area (Å²) in [5.41, 5.74) is 0. The number of amides is 1. The maximum atomic E-state index is 12.6. The Kier molecular flexibility index (Phi) is 61.6. The number of aliphatic hydroxyl groups is 4. The molecule has 0 spiro atoms. The first kappa shape index (κ1) is 73.3. The van der Waals surface area contributed by atoms with E-state index in [1.165, 1.54) is 270 Å². The smallest absolute Gasteiger partial charge is 0.249 e. The van der Waals surface area contributed by atoms with Gasteiger partial charge < -0.3 is 25.7 Å². The molecule has 0 aliphatic carbocycles. The molecule has 4 unspecified atom stereocenters. The van der Waals surface area contributed by atoms with Crippen molar-refractivity contribution >= 4 is 5.91 Å². The molecular formula is C69H131NO5. The minimum atomic E-state index is -1.30. The fourth-order valence-electron chi connectivity index (χ4n) is 10.5. The number of aliphatic hydroxyl groups excluding tert-OH is 4. The summed E-state index contributed by atoms with van der Waals surface area (Å²) in [6.45, 7) is 4.08.